The molecule has 13 heavy (non-hydrogen) atoms. The Bertz CT molecular complexity index is 212. The van der Waals surface area contributed by atoms with Crippen LogP contribution in [-0.2, 0) is 9.53 Å². The first-order valence-corrected chi connectivity index (χ1v) is 4.01. The van der Waals surface area contributed by atoms with Crippen LogP contribution in [0.3, 0.4) is 0 Å². The van der Waals surface area contributed by atoms with Crippen LogP contribution in [0.25, 0.3) is 0 Å². The van der Waals surface area contributed by atoms with Gasteiger partial charge in [-0.1, -0.05) is 20.8 Å². The van der Waals surface area contributed by atoms with Crippen molar-refractivity contribution < 1.29 is 14.5 Å². The molecule has 1 unspecified atom stereocenters. The molecule has 0 heterocycles. The maximum atomic E-state index is 11.1. The lowest BCUT2D eigenvalue weighted by atomic mass is 9.80. The fourth-order valence-electron chi connectivity index (χ4n) is 0.965. The third kappa shape index (κ3) is 3.40. The molecule has 0 rings (SSSR count). The van der Waals surface area contributed by atoms with Crippen molar-refractivity contribution in [2.24, 2.45) is 11.3 Å². The summed E-state index contributed by atoms with van der Waals surface area (Å²) in [6.07, 6.45) is 0. The molecule has 0 aliphatic rings. The molecule has 0 aliphatic carbocycles. The molecule has 5 nitrogen and oxygen atoms in total. The molecule has 5 heteroatoms. The van der Waals surface area contributed by atoms with E-state index in [2.05, 4.69) is 4.74 Å². The molecule has 0 fully saturated rings. The van der Waals surface area contributed by atoms with Crippen molar-refractivity contribution in [2.75, 3.05) is 13.7 Å². The zero-order valence-electron chi connectivity index (χ0n) is 8.36. The van der Waals surface area contributed by atoms with Crippen molar-refractivity contribution in [3.8, 4) is 0 Å². The van der Waals surface area contributed by atoms with Gasteiger partial charge in [0.25, 0.3) is 0 Å². The third-order valence-electron chi connectivity index (χ3n) is 2.26. The molecule has 0 saturated carbocycles. The Balaban J connectivity index is 4.43. The van der Waals surface area contributed by atoms with Crippen molar-refractivity contribution in [2.45, 2.75) is 20.8 Å². The van der Waals surface area contributed by atoms with Crippen LogP contribution >= 0.6 is 0 Å². The molecule has 0 N–H and O–H groups in total. The van der Waals surface area contributed by atoms with Gasteiger partial charge in [0, 0.05) is 10.3 Å². The van der Waals surface area contributed by atoms with Crippen molar-refractivity contribution in [1.29, 1.82) is 0 Å². The number of hydrogen-bond donors (Lipinski definition) is 0. The summed E-state index contributed by atoms with van der Waals surface area (Å²) in [6.45, 7) is 4.76. The molecule has 0 saturated heterocycles. The van der Waals surface area contributed by atoms with Gasteiger partial charge < -0.3 is 4.74 Å². The van der Waals surface area contributed by atoms with Gasteiger partial charge in [0.1, 0.15) is 0 Å². The normalized spacial score (nSPS) is 13.5. The van der Waals surface area contributed by atoms with E-state index in [1.54, 1.807) is 20.8 Å². The molecule has 0 radical (unpaired) electrons. The summed E-state index contributed by atoms with van der Waals surface area (Å²) in [6, 6.07) is 0. The Morgan fingerprint density at radius 1 is 1.62 bits per heavy atom. The van der Waals surface area contributed by atoms with Crippen LogP contribution in [0.4, 0.5) is 0 Å². The van der Waals surface area contributed by atoms with Crippen LogP contribution in [0.1, 0.15) is 20.8 Å². The maximum Gasteiger partial charge on any atom is 0.309 e. The Kier molecular flexibility index (Phi) is 3.84. The van der Waals surface area contributed by atoms with Gasteiger partial charge in [0.15, 0.2) is 0 Å². The fourth-order valence-corrected chi connectivity index (χ4v) is 0.965. The third-order valence-corrected chi connectivity index (χ3v) is 2.26. The van der Waals surface area contributed by atoms with E-state index in [-0.39, 0.29) is 6.54 Å². The molecular formula is C8H15NO4. The second-order valence-electron chi connectivity index (χ2n) is 3.72. The van der Waals surface area contributed by atoms with Crippen molar-refractivity contribution in [3.05, 3.63) is 10.1 Å². The number of nitrogens with zero attached hydrogens (tertiary/aromatic N) is 1. The minimum Gasteiger partial charge on any atom is -0.469 e. The first-order valence-electron chi connectivity index (χ1n) is 4.01. The van der Waals surface area contributed by atoms with E-state index in [9.17, 15) is 14.9 Å². The zero-order chi connectivity index (χ0) is 10.6. The van der Waals surface area contributed by atoms with Crippen LogP contribution < -0.4 is 0 Å². The minimum absolute atomic E-state index is 0.233. The van der Waals surface area contributed by atoms with Crippen LogP contribution in [0.15, 0.2) is 0 Å². The number of carbonyl (C=O) groups excluding carboxylic acids is 1. The highest BCUT2D eigenvalue weighted by atomic mass is 16.6. The second-order valence-corrected chi connectivity index (χ2v) is 3.72. The standard InChI is InChI=1S/C8H15NO4/c1-6(7(10)13-4)8(2,3)5-9(11)12/h6H,5H2,1-4H3. The second kappa shape index (κ2) is 4.20. The summed E-state index contributed by atoms with van der Waals surface area (Å²) in [4.78, 5) is 21.0. The molecule has 0 bridgehead atoms. The molecule has 0 aromatic carbocycles. The smallest absolute Gasteiger partial charge is 0.309 e. The first-order chi connectivity index (χ1) is 5.81. The lowest BCUT2D eigenvalue weighted by Crippen LogP contribution is -2.35. The molecule has 0 aromatic rings. The lowest BCUT2D eigenvalue weighted by molar-refractivity contribution is -0.497. The predicted octanol–water partition coefficient (Wildman–Crippen LogP) is 1.10. The van der Waals surface area contributed by atoms with Crippen LogP contribution in [0.2, 0.25) is 0 Å². The quantitative estimate of drug-likeness (QED) is 0.377. The Morgan fingerprint density at radius 2 is 2.08 bits per heavy atom. The Labute approximate surface area is 77.2 Å². The lowest BCUT2D eigenvalue weighted by Gasteiger charge is -2.25. The SMILES string of the molecule is COC(=O)C(C)C(C)(C)C[N+](=O)[O-]. The summed E-state index contributed by atoms with van der Waals surface area (Å²) in [5.74, 6) is -0.880. The van der Waals surface area contributed by atoms with Gasteiger partial charge in [-0.3, -0.25) is 14.9 Å². The molecule has 76 valence electrons. The molecule has 0 aliphatic heterocycles. The zero-order valence-corrected chi connectivity index (χ0v) is 8.36. The van der Waals surface area contributed by atoms with Gasteiger partial charge in [-0.25, -0.2) is 0 Å². The van der Waals surface area contributed by atoms with Gasteiger partial charge >= 0.3 is 5.97 Å². The predicted molar refractivity (Wildman–Crippen MR) is 46.8 cm³/mol. The number of rotatable bonds is 4. The fraction of sp³-hybridized carbons (Fsp3) is 0.875. The number of hydrogen-bond acceptors (Lipinski definition) is 4. The molecule has 1 atom stereocenters. The van der Waals surface area contributed by atoms with Crippen LogP contribution in [0, 0.1) is 21.4 Å². The Morgan fingerprint density at radius 3 is 2.38 bits per heavy atom. The molecular weight excluding hydrogens is 174 g/mol. The average molecular weight is 189 g/mol. The van der Waals surface area contributed by atoms with Gasteiger partial charge in [-0.2, -0.15) is 0 Å². The average Bonchev–Trinajstić information content (AvgIpc) is 1.99. The largest absolute Gasteiger partial charge is 0.469 e. The van der Waals surface area contributed by atoms with Crippen LogP contribution in [0.5, 0.6) is 0 Å². The van der Waals surface area contributed by atoms with Gasteiger partial charge in [0.2, 0.25) is 6.54 Å². The summed E-state index contributed by atoms with van der Waals surface area (Å²) >= 11 is 0. The molecule has 0 aromatic heterocycles. The number of nitro groups is 1. The number of carbonyl (C=O) groups is 1. The highest BCUT2D eigenvalue weighted by molar-refractivity contribution is 5.72. The maximum absolute atomic E-state index is 11.1. The highest BCUT2D eigenvalue weighted by Crippen LogP contribution is 2.27. The number of esters is 1. The van der Waals surface area contributed by atoms with Crippen molar-refractivity contribution in [1.82, 2.24) is 0 Å². The topological polar surface area (TPSA) is 69.4 Å². The van der Waals surface area contributed by atoms with Crippen LogP contribution in [-0.4, -0.2) is 24.5 Å². The number of methoxy groups -OCH3 is 1. The summed E-state index contributed by atoms with van der Waals surface area (Å²) in [7, 11) is 1.28. The number of ether oxygens (including phenoxy) is 1. The first kappa shape index (κ1) is 11.9. The van der Waals surface area contributed by atoms with E-state index in [1.807, 2.05) is 0 Å². The summed E-state index contributed by atoms with van der Waals surface area (Å²) < 4.78 is 4.52. The van der Waals surface area contributed by atoms with E-state index in [0.29, 0.717) is 0 Å². The summed E-state index contributed by atoms with van der Waals surface area (Å²) in [5, 5.41) is 10.3. The van der Waals surface area contributed by atoms with Crippen molar-refractivity contribution >= 4 is 5.97 Å². The van der Waals surface area contributed by atoms with E-state index in [0.717, 1.165) is 0 Å². The van der Waals surface area contributed by atoms with Crippen molar-refractivity contribution in [3.63, 3.8) is 0 Å². The molecule has 0 spiro atoms. The molecule has 0 amide bonds. The summed E-state index contributed by atoms with van der Waals surface area (Å²) in [5.41, 5.74) is -0.670. The Hall–Kier alpha value is -1.13. The van der Waals surface area contributed by atoms with E-state index < -0.39 is 22.2 Å². The minimum atomic E-state index is -0.670. The van der Waals surface area contributed by atoms with Gasteiger partial charge in [-0.15, -0.1) is 0 Å². The highest BCUT2D eigenvalue weighted by Gasteiger charge is 2.36. The van der Waals surface area contributed by atoms with Gasteiger partial charge in [0.05, 0.1) is 13.0 Å². The van der Waals surface area contributed by atoms with E-state index in [4.69, 9.17) is 0 Å². The van der Waals surface area contributed by atoms with E-state index >= 15 is 0 Å². The monoisotopic (exact) mass is 189 g/mol. The van der Waals surface area contributed by atoms with Gasteiger partial charge in [-0.05, 0) is 0 Å². The van der Waals surface area contributed by atoms with E-state index in [1.165, 1.54) is 7.11 Å².